The fourth-order valence-electron chi connectivity index (χ4n) is 3.90. The summed E-state index contributed by atoms with van der Waals surface area (Å²) in [5.41, 5.74) is 9.74. The van der Waals surface area contributed by atoms with Crippen LogP contribution in [-0.4, -0.2) is 48.4 Å². The van der Waals surface area contributed by atoms with Gasteiger partial charge in [0.25, 0.3) is 0 Å². The van der Waals surface area contributed by atoms with E-state index in [0.29, 0.717) is 18.3 Å². The van der Waals surface area contributed by atoms with E-state index in [4.69, 9.17) is 15.7 Å². The number of aromatic nitrogens is 6. The van der Waals surface area contributed by atoms with Gasteiger partial charge in [0.1, 0.15) is 0 Å². The van der Waals surface area contributed by atoms with Gasteiger partial charge in [-0.3, -0.25) is 4.68 Å². The Balaban J connectivity index is 1.47. The molecule has 160 valence electrons. The van der Waals surface area contributed by atoms with Crippen molar-refractivity contribution in [1.82, 2.24) is 29.3 Å². The molecule has 31 heavy (non-hydrogen) atoms. The maximum Gasteiger partial charge on any atom is 0.229 e. The highest BCUT2D eigenvalue weighted by Crippen LogP contribution is 2.28. The predicted molar refractivity (Wildman–Crippen MR) is 122 cm³/mol. The molecular formula is C22H27N9. The highest BCUT2D eigenvalue weighted by molar-refractivity contribution is 5.86. The summed E-state index contributed by atoms with van der Waals surface area (Å²) in [7, 11) is 0. The molecule has 0 radical (unpaired) electrons. The van der Waals surface area contributed by atoms with Crippen molar-refractivity contribution in [3.8, 4) is 0 Å². The topological polar surface area (TPSA) is 103 Å². The van der Waals surface area contributed by atoms with Gasteiger partial charge in [0.15, 0.2) is 17.0 Å². The highest BCUT2D eigenvalue weighted by Gasteiger charge is 2.24. The quantitative estimate of drug-likeness (QED) is 0.497. The van der Waals surface area contributed by atoms with Crippen LogP contribution in [0.4, 0.5) is 17.5 Å². The molecule has 1 aromatic carbocycles. The second kappa shape index (κ2) is 7.99. The number of hydrogen-bond donors (Lipinski definition) is 2. The Hall–Kier alpha value is -3.46. The van der Waals surface area contributed by atoms with Gasteiger partial charge < -0.3 is 20.5 Å². The lowest BCUT2D eigenvalue weighted by Crippen LogP contribution is -2.27. The smallest absolute Gasteiger partial charge is 0.229 e. The largest absolute Gasteiger partial charge is 0.339 e. The Morgan fingerprint density at radius 1 is 1.19 bits per heavy atom. The first-order valence-corrected chi connectivity index (χ1v) is 10.7. The monoisotopic (exact) mass is 417 g/mol. The van der Waals surface area contributed by atoms with Gasteiger partial charge in [-0.15, -0.1) is 0 Å². The minimum Gasteiger partial charge on any atom is -0.339 e. The summed E-state index contributed by atoms with van der Waals surface area (Å²) in [5, 5.41) is 7.90. The zero-order valence-electron chi connectivity index (χ0n) is 17.8. The molecule has 1 atom stereocenters. The molecular weight excluding hydrogens is 390 g/mol. The minimum atomic E-state index is 0.155. The summed E-state index contributed by atoms with van der Waals surface area (Å²) in [5.74, 6) is 1.36. The van der Waals surface area contributed by atoms with Gasteiger partial charge in [-0.25, -0.2) is 4.98 Å². The van der Waals surface area contributed by atoms with E-state index in [1.807, 2.05) is 41.6 Å². The molecule has 4 heterocycles. The lowest BCUT2D eigenvalue weighted by molar-refractivity contribution is 0.612. The lowest BCUT2D eigenvalue weighted by atomic mass is 10.2. The predicted octanol–water partition coefficient (Wildman–Crippen LogP) is 2.93. The Labute approximate surface area is 180 Å². The van der Waals surface area contributed by atoms with E-state index in [9.17, 15) is 0 Å². The maximum absolute atomic E-state index is 6.12. The van der Waals surface area contributed by atoms with Crippen LogP contribution in [-0.2, 0) is 6.54 Å². The zero-order valence-corrected chi connectivity index (χ0v) is 17.8. The number of imidazole rings is 1. The van der Waals surface area contributed by atoms with Gasteiger partial charge in [-0.1, -0.05) is 30.3 Å². The van der Waals surface area contributed by atoms with Crippen LogP contribution in [0.15, 0.2) is 49.1 Å². The van der Waals surface area contributed by atoms with Crippen LogP contribution >= 0.6 is 0 Å². The SMILES string of the molecule is CC(C)n1cnc2c(Nc3cnn(Cc4ccccc4)c3)nc(N3CC[C@H](N)C3)nc21. The number of nitrogens with zero attached hydrogens (tertiary/aromatic N) is 7. The molecule has 4 aromatic rings. The molecule has 3 N–H and O–H groups in total. The molecule has 0 spiro atoms. The maximum atomic E-state index is 6.12. The van der Waals surface area contributed by atoms with Crippen molar-refractivity contribution < 1.29 is 0 Å². The fraction of sp³-hybridized carbons (Fsp3) is 0.364. The molecule has 0 bridgehead atoms. The van der Waals surface area contributed by atoms with Crippen LogP contribution in [0.1, 0.15) is 31.9 Å². The van der Waals surface area contributed by atoms with Crippen molar-refractivity contribution in [2.75, 3.05) is 23.3 Å². The van der Waals surface area contributed by atoms with Gasteiger partial charge >= 0.3 is 0 Å². The Kier molecular flexibility index (Phi) is 5.03. The van der Waals surface area contributed by atoms with E-state index in [-0.39, 0.29) is 12.1 Å². The van der Waals surface area contributed by atoms with E-state index in [1.165, 1.54) is 5.56 Å². The van der Waals surface area contributed by atoms with Crippen molar-refractivity contribution in [3.05, 3.63) is 54.6 Å². The summed E-state index contributed by atoms with van der Waals surface area (Å²) in [6.07, 6.45) is 6.56. The molecule has 3 aromatic heterocycles. The number of benzene rings is 1. The van der Waals surface area contributed by atoms with Crippen LogP contribution in [0, 0.1) is 0 Å². The van der Waals surface area contributed by atoms with Crippen molar-refractivity contribution in [2.45, 2.75) is 38.9 Å². The van der Waals surface area contributed by atoms with Gasteiger partial charge in [0, 0.05) is 31.4 Å². The van der Waals surface area contributed by atoms with E-state index in [0.717, 1.165) is 36.4 Å². The van der Waals surface area contributed by atoms with Crippen LogP contribution in [0.5, 0.6) is 0 Å². The normalized spacial score (nSPS) is 16.5. The second-order valence-corrected chi connectivity index (χ2v) is 8.32. The molecule has 1 aliphatic heterocycles. The molecule has 1 fully saturated rings. The summed E-state index contributed by atoms with van der Waals surface area (Å²) in [6.45, 7) is 6.57. The Morgan fingerprint density at radius 2 is 2.03 bits per heavy atom. The van der Waals surface area contributed by atoms with Crippen molar-refractivity contribution >= 4 is 28.6 Å². The van der Waals surface area contributed by atoms with Crippen molar-refractivity contribution in [3.63, 3.8) is 0 Å². The average Bonchev–Trinajstić information content (AvgIpc) is 3.48. The first kappa shape index (κ1) is 19.5. The Morgan fingerprint density at radius 3 is 2.77 bits per heavy atom. The molecule has 0 unspecified atom stereocenters. The number of anilines is 3. The third-order valence-electron chi connectivity index (χ3n) is 5.56. The minimum absolute atomic E-state index is 0.155. The Bertz CT molecular complexity index is 1180. The van der Waals surface area contributed by atoms with Crippen molar-refractivity contribution in [2.24, 2.45) is 5.73 Å². The number of hydrogen-bond acceptors (Lipinski definition) is 7. The van der Waals surface area contributed by atoms with E-state index >= 15 is 0 Å². The molecule has 9 nitrogen and oxygen atoms in total. The third kappa shape index (κ3) is 3.96. The van der Waals surface area contributed by atoms with E-state index in [1.54, 1.807) is 0 Å². The molecule has 0 saturated carbocycles. The van der Waals surface area contributed by atoms with Crippen LogP contribution in [0.25, 0.3) is 11.2 Å². The van der Waals surface area contributed by atoms with Crippen LogP contribution < -0.4 is 16.0 Å². The van der Waals surface area contributed by atoms with Gasteiger partial charge in [0.2, 0.25) is 5.95 Å². The lowest BCUT2D eigenvalue weighted by Gasteiger charge is -2.17. The summed E-state index contributed by atoms with van der Waals surface area (Å²) < 4.78 is 3.98. The standard InChI is InChI=1S/C22H27N9/c1-15(2)31-14-24-19-20(27-22(28-21(19)31)29-9-8-17(23)12-29)26-18-10-25-30(13-18)11-16-6-4-3-5-7-16/h3-7,10,13-15,17H,8-9,11-12,23H2,1-2H3,(H,26,27,28)/t17-/m0/s1. The van der Waals surface area contributed by atoms with Gasteiger partial charge in [0.05, 0.1) is 24.8 Å². The van der Waals surface area contributed by atoms with Crippen molar-refractivity contribution in [1.29, 1.82) is 0 Å². The molecule has 5 rings (SSSR count). The van der Waals surface area contributed by atoms with E-state index in [2.05, 4.69) is 50.8 Å². The number of nitrogens with one attached hydrogen (secondary N) is 1. The summed E-state index contributed by atoms with van der Waals surface area (Å²) >= 11 is 0. The summed E-state index contributed by atoms with van der Waals surface area (Å²) in [6, 6.07) is 10.7. The number of fused-ring (bicyclic) bond motifs is 1. The number of nitrogens with two attached hydrogens (primary N) is 1. The molecule has 9 heteroatoms. The molecule has 1 aliphatic rings. The van der Waals surface area contributed by atoms with Gasteiger partial charge in [-0.05, 0) is 25.8 Å². The van der Waals surface area contributed by atoms with E-state index < -0.39 is 0 Å². The first-order valence-electron chi connectivity index (χ1n) is 10.7. The highest BCUT2D eigenvalue weighted by atomic mass is 15.3. The average molecular weight is 418 g/mol. The molecule has 0 amide bonds. The molecule has 0 aliphatic carbocycles. The molecule has 1 saturated heterocycles. The van der Waals surface area contributed by atoms with Crippen LogP contribution in [0.3, 0.4) is 0 Å². The van der Waals surface area contributed by atoms with Crippen LogP contribution in [0.2, 0.25) is 0 Å². The zero-order chi connectivity index (χ0) is 21.4. The summed E-state index contributed by atoms with van der Waals surface area (Å²) in [4.78, 5) is 16.4. The second-order valence-electron chi connectivity index (χ2n) is 8.32. The van der Waals surface area contributed by atoms with Gasteiger partial charge in [-0.2, -0.15) is 15.1 Å². The first-order chi connectivity index (χ1) is 15.1. The third-order valence-corrected chi connectivity index (χ3v) is 5.56. The number of rotatable bonds is 6. The fourth-order valence-corrected chi connectivity index (χ4v) is 3.90.